The van der Waals surface area contributed by atoms with Crippen LogP contribution in [0.1, 0.15) is 32.4 Å². The van der Waals surface area contributed by atoms with Gasteiger partial charge in [0.2, 0.25) is 0 Å². The van der Waals surface area contributed by atoms with Crippen molar-refractivity contribution >= 4 is 5.84 Å². The molecule has 1 atom stereocenters. The van der Waals surface area contributed by atoms with Crippen LogP contribution in [0.15, 0.2) is 41.5 Å². The number of amidine groups is 1. The van der Waals surface area contributed by atoms with Gasteiger partial charge in [0.05, 0.1) is 13.2 Å². The number of hydrogen-bond donors (Lipinski definition) is 1. The SMILES string of the molecule is COc1cccc(C(C)NC2=NCN(C(C)C)C=C2)c1. The summed E-state index contributed by atoms with van der Waals surface area (Å²) in [6, 6.07) is 8.77. The van der Waals surface area contributed by atoms with Crippen LogP contribution in [0.25, 0.3) is 0 Å². The first kappa shape index (κ1) is 14.4. The van der Waals surface area contributed by atoms with Crippen LogP contribution in [-0.4, -0.2) is 30.6 Å². The quantitative estimate of drug-likeness (QED) is 0.916. The summed E-state index contributed by atoms with van der Waals surface area (Å²) in [4.78, 5) is 6.75. The Morgan fingerprint density at radius 1 is 1.30 bits per heavy atom. The van der Waals surface area contributed by atoms with Crippen LogP contribution in [0.3, 0.4) is 0 Å². The number of aliphatic imine (C=N–C) groups is 1. The molecule has 0 spiro atoms. The fourth-order valence-corrected chi connectivity index (χ4v) is 2.07. The van der Waals surface area contributed by atoms with Crippen LogP contribution in [0, 0.1) is 0 Å². The number of methoxy groups -OCH3 is 1. The molecule has 108 valence electrons. The van der Waals surface area contributed by atoms with Crippen molar-refractivity contribution in [2.75, 3.05) is 13.8 Å². The molecule has 1 unspecified atom stereocenters. The van der Waals surface area contributed by atoms with E-state index in [0.717, 1.165) is 11.6 Å². The second-order valence-electron chi connectivity index (χ2n) is 5.25. The third-order valence-electron chi connectivity index (χ3n) is 3.45. The van der Waals surface area contributed by atoms with Gasteiger partial charge in [0.15, 0.2) is 0 Å². The van der Waals surface area contributed by atoms with E-state index in [2.05, 4.69) is 48.2 Å². The summed E-state index contributed by atoms with van der Waals surface area (Å²) in [6.07, 6.45) is 4.12. The van der Waals surface area contributed by atoms with Crippen molar-refractivity contribution in [1.29, 1.82) is 0 Å². The van der Waals surface area contributed by atoms with E-state index in [1.54, 1.807) is 7.11 Å². The molecule has 4 nitrogen and oxygen atoms in total. The molecule has 1 aromatic rings. The van der Waals surface area contributed by atoms with Gasteiger partial charge in [-0.25, -0.2) is 4.99 Å². The lowest BCUT2D eigenvalue weighted by Gasteiger charge is -2.27. The van der Waals surface area contributed by atoms with Gasteiger partial charge in [0.1, 0.15) is 18.3 Å². The van der Waals surface area contributed by atoms with Gasteiger partial charge in [0, 0.05) is 12.2 Å². The Balaban J connectivity index is 1.98. The van der Waals surface area contributed by atoms with Crippen LogP contribution in [0.4, 0.5) is 0 Å². The minimum atomic E-state index is 0.194. The van der Waals surface area contributed by atoms with Crippen LogP contribution in [0.5, 0.6) is 5.75 Å². The van der Waals surface area contributed by atoms with Gasteiger partial charge in [0.25, 0.3) is 0 Å². The molecule has 1 aliphatic rings. The van der Waals surface area contributed by atoms with Crippen LogP contribution < -0.4 is 10.1 Å². The van der Waals surface area contributed by atoms with Crippen molar-refractivity contribution in [2.24, 2.45) is 4.99 Å². The predicted octanol–water partition coefficient (Wildman–Crippen LogP) is 2.94. The average Bonchev–Trinajstić information content (AvgIpc) is 2.47. The fourth-order valence-electron chi connectivity index (χ4n) is 2.07. The smallest absolute Gasteiger partial charge is 0.124 e. The summed E-state index contributed by atoms with van der Waals surface area (Å²) in [5.41, 5.74) is 1.19. The fraction of sp³-hybridized carbons (Fsp3) is 0.438. The molecular formula is C16H23N3O. The molecular weight excluding hydrogens is 250 g/mol. The van der Waals surface area contributed by atoms with Crippen LogP contribution in [0.2, 0.25) is 0 Å². The third-order valence-corrected chi connectivity index (χ3v) is 3.45. The van der Waals surface area contributed by atoms with Crippen molar-refractivity contribution in [3.05, 3.63) is 42.1 Å². The van der Waals surface area contributed by atoms with Crippen LogP contribution in [-0.2, 0) is 0 Å². The highest BCUT2D eigenvalue weighted by Crippen LogP contribution is 2.19. The highest BCUT2D eigenvalue weighted by atomic mass is 16.5. The van der Waals surface area contributed by atoms with Crippen LogP contribution >= 0.6 is 0 Å². The molecule has 0 saturated carbocycles. The lowest BCUT2D eigenvalue weighted by Crippen LogP contribution is -2.33. The zero-order valence-electron chi connectivity index (χ0n) is 12.6. The summed E-state index contributed by atoms with van der Waals surface area (Å²) in [6.45, 7) is 7.16. The lowest BCUT2D eigenvalue weighted by atomic mass is 10.1. The molecule has 0 bridgehead atoms. The van der Waals surface area contributed by atoms with Gasteiger partial charge < -0.3 is 15.0 Å². The molecule has 0 aliphatic carbocycles. The third kappa shape index (κ3) is 3.53. The van der Waals surface area contributed by atoms with Crippen molar-refractivity contribution in [3.63, 3.8) is 0 Å². The molecule has 0 fully saturated rings. The van der Waals surface area contributed by atoms with E-state index < -0.39 is 0 Å². The summed E-state index contributed by atoms with van der Waals surface area (Å²) in [7, 11) is 1.69. The maximum Gasteiger partial charge on any atom is 0.124 e. The van der Waals surface area contributed by atoms with Crippen molar-refractivity contribution in [3.8, 4) is 5.75 Å². The predicted molar refractivity (Wildman–Crippen MR) is 83.0 cm³/mol. The van der Waals surface area contributed by atoms with E-state index in [9.17, 15) is 0 Å². The topological polar surface area (TPSA) is 36.9 Å². The second-order valence-corrected chi connectivity index (χ2v) is 5.25. The molecule has 20 heavy (non-hydrogen) atoms. The standard InChI is InChI=1S/C16H23N3O/c1-12(2)19-9-8-16(17-11-19)18-13(3)14-6-5-7-15(10-14)20-4/h5-10,12-13H,11H2,1-4H3,(H,17,18). The Morgan fingerprint density at radius 2 is 2.10 bits per heavy atom. The Hall–Kier alpha value is -1.97. The van der Waals surface area contributed by atoms with Gasteiger partial charge >= 0.3 is 0 Å². The number of nitrogens with one attached hydrogen (secondary N) is 1. The first-order valence-electron chi connectivity index (χ1n) is 6.99. The van der Waals surface area contributed by atoms with E-state index in [0.29, 0.717) is 12.7 Å². The molecule has 2 rings (SSSR count). The molecule has 4 heteroatoms. The zero-order chi connectivity index (χ0) is 14.5. The molecule has 0 amide bonds. The first-order valence-corrected chi connectivity index (χ1v) is 6.99. The second kappa shape index (κ2) is 6.46. The Morgan fingerprint density at radius 3 is 2.70 bits per heavy atom. The number of nitrogens with zero attached hydrogens (tertiary/aromatic N) is 2. The van der Waals surface area contributed by atoms with E-state index in [-0.39, 0.29) is 6.04 Å². The minimum absolute atomic E-state index is 0.194. The number of hydrogen-bond acceptors (Lipinski definition) is 4. The number of benzene rings is 1. The molecule has 1 aliphatic heterocycles. The highest BCUT2D eigenvalue weighted by molar-refractivity contribution is 5.93. The summed E-state index contributed by atoms with van der Waals surface area (Å²) < 4.78 is 5.26. The van der Waals surface area contributed by atoms with Crippen molar-refractivity contribution < 1.29 is 4.74 Å². The van der Waals surface area contributed by atoms with Gasteiger partial charge in [-0.05, 0) is 44.5 Å². The van der Waals surface area contributed by atoms with Gasteiger partial charge in [-0.15, -0.1) is 0 Å². The molecule has 0 saturated heterocycles. The van der Waals surface area contributed by atoms with Gasteiger partial charge in [-0.2, -0.15) is 0 Å². The monoisotopic (exact) mass is 273 g/mol. The number of ether oxygens (including phenoxy) is 1. The summed E-state index contributed by atoms with van der Waals surface area (Å²) in [5.74, 6) is 1.81. The molecule has 1 aromatic carbocycles. The Bertz CT molecular complexity index is 508. The molecule has 0 radical (unpaired) electrons. The van der Waals surface area contributed by atoms with E-state index in [1.807, 2.05) is 24.3 Å². The average molecular weight is 273 g/mol. The van der Waals surface area contributed by atoms with Crippen molar-refractivity contribution in [2.45, 2.75) is 32.9 Å². The maximum atomic E-state index is 5.26. The Labute approximate surface area is 121 Å². The lowest BCUT2D eigenvalue weighted by molar-refractivity contribution is 0.317. The molecule has 1 heterocycles. The maximum absolute atomic E-state index is 5.26. The first-order chi connectivity index (χ1) is 9.60. The largest absolute Gasteiger partial charge is 0.497 e. The number of rotatable bonds is 4. The van der Waals surface area contributed by atoms with E-state index in [1.165, 1.54) is 5.56 Å². The molecule has 0 aromatic heterocycles. The molecule has 1 N–H and O–H groups in total. The van der Waals surface area contributed by atoms with E-state index in [4.69, 9.17) is 4.74 Å². The normalized spacial score (nSPS) is 16.1. The summed E-state index contributed by atoms with van der Waals surface area (Å²) in [5, 5.41) is 3.43. The van der Waals surface area contributed by atoms with Crippen molar-refractivity contribution in [1.82, 2.24) is 10.2 Å². The van der Waals surface area contributed by atoms with Gasteiger partial charge in [-0.1, -0.05) is 12.1 Å². The van der Waals surface area contributed by atoms with E-state index >= 15 is 0 Å². The highest BCUT2D eigenvalue weighted by Gasteiger charge is 2.11. The zero-order valence-corrected chi connectivity index (χ0v) is 12.6. The Kier molecular flexibility index (Phi) is 4.66. The summed E-state index contributed by atoms with van der Waals surface area (Å²) >= 11 is 0. The van der Waals surface area contributed by atoms with Gasteiger partial charge in [-0.3, -0.25) is 0 Å². The minimum Gasteiger partial charge on any atom is -0.497 e.